The topological polar surface area (TPSA) is 124 Å². The first-order valence-corrected chi connectivity index (χ1v) is 10.9. The molecule has 1 N–H and O–H groups in total. The van der Waals surface area contributed by atoms with E-state index in [0.717, 1.165) is 4.57 Å². The van der Waals surface area contributed by atoms with Gasteiger partial charge in [0.1, 0.15) is 5.75 Å². The third-order valence-electron chi connectivity index (χ3n) is 5.70. The predicted molar refractivity (Wildman–Crippen MR) is 131 cm³/mol. The third kappa shape index (κ3) is 3.90. The molecule has 0 aliphatic rings. The molecule has 0 fully saturated rings. The molecule has 36 heavy (non-hydrogen) atoms. The largest absolute Gasteiger partial charge is 0.497 e. The molecule has 5 aromatic rings. The van der Waals surface area contributed by atoms with Crippen molar-refractivity contribution in [1.82, 2.24) is 19.6 Å². The number of fused-ring (bicyclic) bond motifs is 1. The van der Waals surface area contributed by atoms with Crippen molar-refractivity contribution >= 4 is 28.4 Å². The number of ether oxygens (including phenoxy) is 1. The normalized spacial score (nSPS) is 11.3. The molecule has 0 unspecified atom stereocenters. The summed E-state index contributed by atoms with van der Waals surface area (Å²) in [4.78, 5) is 26.0. The Hall–Kier alpha value is -5.12. The van der Waals surface area contributed by atoms with E-state index in [9.17, 15) is 14.7 Å². The van der Waals surface area contributed by atoms with E-state index in [1.165, 1.54) is 4.68 Å². The zero-order valence-corrected chi connectivity index (χ0v) is 19.4. The lowest BCUT2D eigenvalue weighted by Crippen LogP contribution is -2.10. The molecule has 178 valence electrons. The minimum absolute atomic E-state index is 0.00318. The number of carbonyl (C=O) groups excluding carboxylic acids is 2. The minimum atomic E-state index is -0.738. The summed E-state index contributed by atoms with van der Waals surface area (Å²) in [5.41, 5.74) is 2.00. The maximum Gasteiger partial charge on any atom is 0.317 e. The standard InChI is InChI=1S/C26H20N6O4/c1-16-22(28-30-32(16)18-12-14-19(36-2)15-13-18)24(33)29-27-23-20-10-6-7-11-21(20)31(26(23)35)25(34)17-8-4-3-5-9-17/h3-15,35H,1-2H3. The number of amides is 1. The van der Waals surface area contributed by atoms with E-state index in [-0.39, 0.29) is 11.4 Å². The highest BCUT2D eigenvalue weighted by Crippen LogP contribution is 2.39. The summed E-state index contributed by atoms with van der Waals surface area (Å²) >= 11 is 0. The summed E-state index contributed by atoms with van der Waals surface area (Å²) in [5.74, 6) is -0.903. The van der Waals surface area contributed by atoms with Crippen LogP contribution in [0.25, 0.3) is 16.6 Å². The summed E-state index contributed by atoms with van der Waals surface area (Å²) in [6.07, 6.45) is 0. The summed E-state index contributed by atoms with van der Waals surface area (Å²) in [6, 6.07) is 22.5. The number of aromatic hydroxyl groups is 1. The SMILES string of the molecule is COc1ccc(-n2nnc(C(=O)N=Nc3c(O)n(C(=O)c4ccccc4)c4ccccc34)c2C)cc1. The molecule has 0 aliphatic heterocycles. The van der Waals surface area contributed by atoms with Crippen molar-refractivity contribution in [3.8, 4) is 17.3 Å². The van der Waals surface area contributed by atoms with Crippen LogP contribution in [-0.4, -0.2) is 43.6 Å². The van der Waals surface area contributed by atoms with Crippen molar-refractivity contribution in [1.29, 1.82) is 0 Å². The Kier molecular flexibility index (Phi) is 5.83. The lowest BCUT2D eigenvalue weighted by atomic mass is 10.2. The molecular formula is C26H20N6O4. The fourth-order valence-corrected chi connectivity index (χ4v) is 3.86. The predicted octanol–water partition coefficient (Wildman–Crippen LogP) is 4.86. The number of para-hydroxylation sites is 1. The fraction of sp³-hybridized carbons (Fsp3) is 0.0769. The first-order valence-electron chi connectivity index (χ1n) is 10.9. The van der Waals surface area contributed by atoms with Gasteiger partial charge in [0.05, 0.1) is 24.0 Å². The number of carbonyl (C=O) groups is 2. The van der Waals surface area contributed by atoms with E-state index in [1.54, 1.807) is 92.9 Å². The van der Waals surface area contributed by atoms with Crippen LogP contribution in [0.4, 0.5) is 5.69 Å². The zero-order valence-electron chi connectivity index (χ0n) is 19.4. The quantitative estimate of drug-likeness (QED) is 0.358. The average Bonchev–Trinajstić information content (AvgIpc) is 3.44. The molecule has 2 aromatic heterocycles. The molecule has 0 saturated carbocycles. The highest BCUT2D eigenvalue weighted by atomic mass is 16.5. The first kappa shape index (κ1) is 22.7. The second-order valence-electron chi connectivity index (χ2n) is 7.83. The van der Waals surface area contributed by atoms with Crippen molar-refractivity contribution in [2.24, 2.45) is 10.2 Å². The summed E-state index contributed by atoms with van der Waals surface area (Å²) in [7, 11) is 1.57. The van der Waals surface area contributed by atoms with E-state index >= 15 is 0 Å². The molecule has 0 aliphatic carbocycles. The van der Waals surface area contributed by atoms with Gasteiger partial charge in [-0.25, -0.2) is 9.25 Å². The van der Waals surface area contributed by atoms with Crippen LogP contribution in [0.15, 0.2) is 89.1 Å². The highest BCUT2D eigenvalue weighted by molar-refractivity contribution is 6.08. The minimum Gasteiger partial charge on any atom is -0.497 e. The lowest BCUT2D eigenvalue weighted by Gasteiger charge is -2.05. The van der Waals surface area contributed by atoms with E-state index < -0.39 is 17.7 Å². The molecule has 0 spiro atoms. The number of methoxy groups -OCH3 is 1. The van der Waals surface area contributed by atoms with E-state index in [2.05, 4.69) is 20.5 Å². The molecule has 1 amide bonds. The van der Waals surface area contributed by atoms with Gasteiger partial charge >= 0.3 is 5.91 Å². The third-order valence-corrected chi connectivity index (χ3v) is 5.70. The van der Waals surface area contributed by atoms with Gasteiger partial charge in [0.2, 0.25) is 5.88 Å². The van der Waals surface area contributed by atoms with Crippen molar-refractivity contribution < 1.29 is 19.4 Å². The molecule has 10 heteroatoms. The van der Waals surface area contributed by atoms with E-state index in [1.807, 2.05) is 0 Å². The Balaban J connectivity index is 1.49. The second-order valence-corrected chi connectivity index (χ2v) is 7.83. The van der Waals surface area contributed by atoms with Gasteiger partial charge < -0.3 is 9.84 Å². The molecular weight excluding hydrogens is 460 g/mol. The maximum absolute atomic E-state index is 13.1. The average molecular weight is 480 g/mol. The molecule has 10 nitrogen and oxygen atoms in total. The summed E-state index contributed by atoms with van der Waals surface area (Å²) in [6.45, 7) is 1.69. The van der Waals surface area contributed by atoms with Crippen LogP contribution in [0.5, 0.6) is 11.6 Å². The van der Waals surface area contributed by atoms with Crippen LogP contribution in [0.1, 0.15) is 26.5 Å². The Morgan fingerprint density at radius 2 is 1.64 bits per heavy atom. The molecule has 0 saturated heterocycles. The zero-order chi connectivity index (χ0) is 25.2. The van der Waals surface area contributed by atoms with Crippen molar-refractivity contribution in [3.05, 3.63) is 95.8 Å². The maximum atomic E-state index is 13.1. The number of rotatable bonds is 5. The van der Waals surface area contributed by atoms with Crippen LogP contribution in [0.2, 0.25) is 0 Å². The Labute approximate surface area is 205 Å². The van der Waals surface area contributed by atoms with E-state index in [0.29, 0.717) is 33.6 Å². The molecule has 0 atom stereocenters. The molecule has 0 bridgehead atoms. The van der Waals surface area contributed by atoms with Crippen LogP contribution >= 0.6 is 0 Å². The Bertz CT molecular complexity index is 1620. The Morgan fingerprint density at radius 1 is 0.944 bits per heavy atom. The molecule has 2 heterocycles. The fourth-order valence-electron chi connectivity index (χ4n) is 3.86. The van der Waals surface area contributed by atoms with Crippen molar-refractivity contribution in [2.75, 3.05) is 7.11 Å². The van der Waals surface area contributed by atoms with Crippen molar-refractivity contribution in [2.45, 2.75) is 6.92 Å². The number of benzene rings is 3. The van der Waals surface area contributed by atoms with Crippen molar-refractivity contribution in [3.63, 3.8) is 0 Å². The highest BCUT2D eigenvalue weighted by Gasteiger charge is 2.23. The van der Waals surface area contributed by atoms with Gasteiger partial charge in [-0.2, -0.15) is 0 Å². The monoisotopic (exact) mass is 480 g/mol. The van der Waals surface area contributed by atoms with Gasteiger partial charge in [-0.3, -0.25) is 9.59 Å². The van der Waals surface area contributed by atoms with Crippen LogP contribution in [0.3, 0.4) is 0 Å². The first-order chi connectivity index (χ1) is 17.5. The van der Waals surface area contributed by atoms with Gasteiger partial charge in [-0.15, -0.1) is 15.3 Å². The van der Waals surface area contributed by atoms with Crippen LogP contribution < -0.4 is 4.74 Å². The van der Waals surface area contributed by atoms with Crippen LogP contribution in [-0.2, 0) is 0 Å². The number of nitrogens with zero attached hydrogens (tertiary/aromatic N) is 6. The van der Waals surface area contributed by atoms with Gasteiger partial charge in [-0.1, -0.05) is 41.6 Å². The number of hydrogen-bond donors (Lipinski definition) is 1. The Morgan fingerprint density at radius 3 is 2.36 bits per heavy atom. The van der Waals surface area contributed by atoms with Gasteiger partial charge in [-0.05, 0) is 49.4 Å². The van der Waals surface area contributed by atoms with Gasteiger partial charge in [0, 0.05) is 10.9 Å². The van der Waals surface area contributed by atoms with Gasteiger partial charge in [0.15, 0.2) is 11.4 Å². The summed E-state index contributed by atoms with van der Waals surface area (Å²) in [5, 5.41) is 27.2. The number of hydrogen-bond acceptors (Lipinski definition) is 7. The molecule has 3 aromatic carbocycles. The van der Waals surface area contributed by atoms with Gasteiger partial charge in [0.25, 0.3) is 5.91 Å². The summed E-state index contributed by atoms with van der Waals surface area (Å²) < 4.78 is 7.82. The van der Waals surface area contributed by atoms with E-state index in [4.69, 9.17) is 4.74 Å². The lowest BCUT2D eigenvalue weighted by molar-refractivity contribution is 0.0955. The number of aromatic nitrogens is 4. The number of azo groups is 1. The second kappa shape index (κ2) is 9.26. The molecule has 5 rings (SSSR count). The molecule has 0 radical (unpaired) electrons. The van der Waals surface area contributed by atoms with Crippen LogP contribution in [0, 0.1) is 6.92 Å². The smallest absolute Gasteiger partial charge is 0.317 e.